The third-order valence-corrected chi connectivity index (χ3v) is 6.45. The molecule has 2 aromatic rings. The van der Waals surface area contributed by atoms with Crippen molar-refractivity contribution >= 4 is 29.2 Å². The van der Waals surface area contributed by atoms with Gasteiger partial charge < -0.3 is 5.32 Å². The highest BCUT2D eigenvalue weighted by Crippen LogP contribution is 2.26. The van der Waals surface area contributed by atoms with Gasteiger partial charge in [0.05, 0.1) is 4.88 Å². The van der Waals surface area contributed by atoms with E-state index in [9.17, 15) is 14.4 Å². The molecule has 1 aliphatic heterocycles. The van der Waals surface area contributed by atoms with Crippen molar-refractivity contribution in [2.75, 3.05) is 0 Å². The van der Waals surface area contributed by atoms with Crippen molar-refractivity contribution in [2.24, 2.45) is 0 Å². The first kappa shape index (κ1) is 21.0. The van der Waals surface area contributed by atoms with Gasteiger partial charge >= 0.3 is 6.03 Å². The Hall–Kier alpha value is -2.67. The molecule has 1 fully saturated rings. The van der Waals surface area contributed by atoms with Gasteiger partial charge in [-0.1, -0.05) is 50.6 Å². The second-order valence-electron chi connectivity index (χ2n) is 7.49. The second kappa shape index (κ2) is 8.78. The molecule has 3 rings (SSSR count). The third-order valence-electron chi connectivity index (χ3n) is 5.21. The van der Waals surface area contributed by atoms with Crippen molar-refractivity contribution < 1.29 is 14.4 Å². The van der Waals surface area contributed by atoms with Gasteiger partial charge in [-0.15, -0.1) is 11.3 Å². The third kappa shape index (κ3) is 4.50. The maximum atomic E-state index is 12.9. The molecule has 1 aromatic heterocycles. The molecule has 0 radical (unpaired) electrons. The van der Waals surface area contributed by atoms with Gasteiger partial charge in [-0.2, -0.15) is 5.01 Å². The maximum Gasteiger partial charge on any atom is 0.344 e. The number of rotatable bonds is 8. The SMILES string of the molecule is CCCc1sc(C(=O)NN2C(=O)NC(C)(CCc3ccccc3)C2=O)cc1CC. The Morgan fingerprint density at radius 3 is 2.55 bits per heavy atom. The Morgan fingerprint density at radius 1 is 1.17 bits per heavy atom. The Morgan fingerprint density at radius 2 is 1.90 bits per heavy atom. The maximum absolute atomic E-state index is 12.9. The monoisotopic (exact) mass is 413 g/mol. The lowest BCUT2D eigenvalue weighted by Gasteiger charge is -2.21. The standard InChI is InChI=1S/C22H27N3O3S/c1-4-9-17-16(5-2)14-18(29-17)19(26)24-25-20(27)22(3,23-21(25)28)13-12-15-10-7-6-8-11-15/h6-8,10-11,14H,4-5,9,12-13H2,1-3H3,(H,23,28)(H,24,26). The minimum atomic E-state index is -1.04. The number of hydrazine groups is 1. The van der Waals surface area contributed by atoms with Crippen LogP contribution in [-0.2, 0) is 24.1 Å². The zero-order valence-electron chi connectivity index (χ0n) is 17.1. The Kier molecular flexibility index (Phi) is 6.37. The molecule has 4 amide bonds. The summed E-state index contributed by atoms with van der Waals surface area (Å²) in [6.45, 7) is 5.85. The molecule has 29 heavy (non-hydrogen) atoms. The molecule has 1 aromatic carbocycles. The van der Waals surface area contributed by atoms with Crippen molar-refractivity contribution in [3.63, 3.8) is 0 Å². The number of amides is 4. The number of carbonyl (C=O) groups excluding carboxylic acids is 3. The van der Waals surface area contributed by atoms with Gasteiger partial charge in [0.25, 0.3) is 11.8 Å². The van der Waals surface area contributed by atoms with Crippen molar-refractivity contribution in [3.8, 4) is 0 Å². The number of thiophene rings is 1. The van der Waals surface area contributed by atoms with Gasteiger partial charge in [-0.25, -0.2) is 4.79 Å². The molecule has 0 bridgehead atoms. The number of nitrogens with one attached hydrogen (secondary N) is 2. The molecule has 0 spiro atoms. The van der Waals surface area contributed by atoms with Crippen LogP contribution >= 0.6 is 11.3 Å². The van der Waals surface area contributed by atoms with E-state index in [-0.39, 0.29) is 0 Å². The van der Waals surface area contributed by atoms with E-state index in [1.165, 1.54) is 16.2 Å². The zero-order valence-corrected chi connectivity index (χ0v) is 17.9. The van der Waals surface area contributed by atoms with Crippen LogP contribution in [-0.4, -0.2) is 28.4 Å². The van der Waals surface area contributed by atoms with E-state index in [0.717, 1.165) is 35.4 Å². The smallest absolute Gasteiger partial charge is 0.322 e. The molecule has 2 heterocycles. The fourth-order valence-corrected chi connectivity index (χ4v) is 4.71. The summed E-state index contributed by atoms with van der Waals surface area (Å²) in [5, 5.41) is 3.55. The van der Waals surface area contributed by atoms with Crippen LogP contribution < -0.4 is 10.7 Å². The van der Waals surface area contributed by atoms with E-state index in [1.54, 1.807) is 6.92 Å². The predicted molar refractivity (Wildman–Crippen MR) is 114 cm³/mol. The first-order valence-corrected chi connectivity index (χ1v) is 10.8. The average Bonchev–Trinajstić information content (AvgIpc) is 3.22. The van der Waals surface area contributed by atoms with Gasteiger partial charge in [-0.05, 0) is 49.8 Å². The number of aryl methyl sites for hydroxylation is 3. The van der Waals surface area contributed by atoms with Crippen LogP contribution in [0.1, 0.15) is 59.3 Å². The quantitative estimate of drug-likeness (QED) is 0.645. The van der Waals surface area contributed by atoms with Crippen molar-refractivity contribution in [1.29, 1.82) is 0 Å². The average molecular weight is 414 g/mol. The van der Waals surface area contributed by atoms with E-state index in [2.05, 4.69) is 24.6 Å². The number of carbonyl (C=O) groups is 3. The molecular weight excluding hydrogens is 386 g/mol. The molecule has 0 saturated carbocycles. The normalized spacial score (nSPS) is 18.8. The van der Waals surface area contributed by atoms with Gasteiger partial charge in [0.2, 0.25) is 0 Å². The van der Waals surface area contributed by atoms with Crippen molar-refractivity contribution in [3.05, 3.63) is 57.3 Å². The zero-order chi connectivity index (χ0) is 21.0. The summed E-state index contributed by atoms with van der Waals surface area (Å²) >= 11 is 1.43. The minimum Gasteiger partial charge on any atom is -0.322 e. The molecule has 0 aliphatic carbocycles. The summed E-state index contributed by atoms with van der Waals surface area (Å²) < 4.78 is 0. The number of urea groups is 1. The molecular formula is C22H27N3O3S. The van der Waals surface area contributed by atoms with E-state index >= 15 is 0 Å². The van der Waals surface area contributed by atoms with Gasteiger partial charge in [-0.3, -0.25) is 15.0 Å². The second-order valence-corrected chi connectivity index (χ2v) is 8.63. The van der Waals surface area contributed by atoms with E-state index in [0.29, 0.717) is 17.7 Å². The Balaban J connectivity index is 1.68. The number of benzene rings is 1. The van der Waals surface area contributed by atoms with Crippen LogP contribution in [0.2, 0.25) is 0 Å². The summed E-state index contributed by atoms with van der Waals surface area (Å²) in [7, 11) is 0. The summed E-state index contributed by atoms with van der Waals surface area (Å²) in [5.41, 5.74) is 3.69. The largest absolute Gasteiger partial charge is 0.344 e. The topological polar surface area (TPSA) is 78.5 Å². The lowest BCUT2D eigenvalue weighted by Crippen LogP contribution is -2.48. The molecule has 2 N–H and O–H groups in total. The summed E-state index contributed by atoms with van der Waals surface area (Å²) in [6.07, 6.45) is 3.87. The molecule has 154 valence electrons. The van der Waals surface area contributed by atoms with Crippen LogP contribution in [0.25, 0.3) is 0 Å². The van der Waals surface area contributed by atoms with Crippen molar-refractivity contribution in [1.82, 2.24) is 15.8 Å². The fraction of sp³-hybridized carbons (Fsp3) is 0.409. The van der Waals surface area contributed by atoms with Crippen LogP contribution in [0.5, 0.6) is 0 Å². The van der Waals surface area contributed by atoms with E-state index in [1.807, 2.05) is 36.4 Å². The highest BCUT2D eigenvalue weighted by Gasteiger charge is 2.48. The minimum absolute atomic E-state index is 0.428. The first-order chi connectivity index (χ1) is 13.9. The number of hydrogen-bond donors (Lipinski definition) is 2. The summed E-state index contributed by atoms with van der Waals surface area (Å²) in [4.78, 5) is 39.7. The Labute approximate surface area is 175 Å². The molecule has 1 aliphatic rings. The predicted octanol–water partition coefficient (Wildman–Crippen LogP) is 3.85. The van der Waals surface area contributed by atoms with Gasteiger partial charge in [0, 0.05) is 4.88 Å². The first-order valence-electron chi connectivity index (χ1n) is 10.0. The van der Waals surface area contributed by atoms with Gasteiger partial charge in [0.1, 0.15) is 5.54 Å². The Bertz CT molecular complexity index is 909. The lowest BCUT2D eigenvalue weighted by molar-refractivity contribution is -0.132. The fourth-order valence-electron chi connectivity index (χ4n) is 3.47. The lowest BCUT2D eigenvalue weighted by atomic mass is 9.93. The van der Waals surface area contributed by atoms with Crippen molar-refractivity contribution in [2.45, 2.75) is 58.4 Å². The molecule has 1 unspecified atom stereocenters. The molecule has 1 saturated heterocycles. The van der Waals surface area contributed by atoms with E-state index < -0.39 is 23.4 Å². The number of hydrogen-bond acceptors (Lipinski definition) is 4. The summed E-state index contributed by atoms with van der Waals surface area (Å²) in [6, 6.07) is 11.1. The molecule has 1 atom stereocenters. The van der Waals surface area contributed by atoms with Crippen LogP contribution in [0.15, 0.2) is 36.4 Å². The summed E-state index contributed by atoms with van der Waals surface area (Å²) in [5.74, 6) is -0.865. The van der Waals surface area contributed by atoms with E-state index in [4.69, 9.17) is 0 Å². The van der Waals surface area contributed by atoms with Gasteiger partial charge in [0.15, 0.2) is 0 Å². The highest BCUT2D eigenvalue weighted by atomic mass is 32.1. The van der Waals surface area contributed by atoms with Crippen LogP contribution in [0, 0.1) is 0 Å². The molecule has 6 nitrogen and oxygen atoms in total. The molecule has 7 heteroatoms. The highest BCUT2D eigenvalue weighted by molar-refractivity contribution is 7.14. The van der Waals surface area contributed by atoms with Crippen LogP contribution in [0.4, 0.5) is 4.79 Å². The van der Waals surface area contributed by atoms with Crippen LogP contribution in [0.3, 0.4) is 0 Å². The number of imide groups is 1. The number of nitrogens with zero attached hydrogens (tertiary/aromatic N) is 1.